The number of alkyl carbamates (subject to hydrolysis) is 1. The highest BCUT2D eigenvalue weighted by molar-refractivity contribution is 7.99. The molecule has 164 valence electrons. The molecule has 0 bridgehead atoms. The van der Waals surface area contributed by atoms with Gasteiger partial charge in [-0.15, -0.1) is 0 Å². The number of hydrogen-bond acceptors (Lipinski definition) is 5. The maximum absolute atomic E-state index is 13.0. The molecule has 1 atom stereocenters. The Bertz CT molecular complexity index is 890. The Labute approximate surface area is 182 Å². The Morgan fingerprint density at radius 3 is 2.77 bits per heavy atom. The summed E-state index contributed by atoms with van der Waals surface area (Å²) in [5, 5.41) is 3.69. The van der Waals surface area contributed by atoms with Crippen LogP contribution in [0.15, 0.2) is 29.4 Å². The zero-order valence-electron chi connectivity index (χ0n) is 18.3. The smallest absolute Gasteiger partial charge is 0.407 e. The van der Waals surface area contributed by atoms with Crippen LogP contribution < -0.4 is 5.32 Å². The molecule has 0 radical (unpaired) electrons. The van der Waals surface area contributed by atoms with Gasteiger partial charge in [-0.1, -0.05) is 23.9 Å². The highest BCUT2D eigenvalue weighted by atomic mass is 32.2. The number of piperidine rings is 1. The molecule has 1 saturated heterocycles. The van der Waals surface area contributed by atoms with Gasteiger partial charge in [0.1, 0.15) is 5.60 Å². The molecule has 1 unspecified atom stereocenters. The Morgan fingerprint density at radius 2 is 2.03 bits per heavy atom. The number of likely N-dealkylation sites (tertiary alicyclic amines) is 1. The molecule has 1 aromatic carbocycles. The van der Waals surface area contributed by atoms with Crippen molar-refractivity contribution in [1.29, 1.82) is 0 Å². The van der Waals surface area contributed by atoms with Crippen LogP contribution in [0.4, 0.5) is 4.79 Å². The van der Waals surface area contributed by atoms with Crippen molar-refractivity contribution in [3.05, 3.63) is 24.3 Å². The molecule has 1 fully saturated rings. The normalized spacial score (nSPS) is 17.2. The number of thioether (sulfide) groups is 1. The van der Waals surface area contributed by atoms with Crippen LogP contribution in [0, 0.1) is 0 Å². The molecule has 30 heavy (non-hydrogen) atoms. The van der Waals surface area contributed by atoms with Crippen molar-refractivity contribution in [3.8, 4) is 0 Å². The summed E-state index contributed by atoms with van der Waals surface area (Å²) in [6.45, 7) is 9.55. The average Bonchev–Trinajstić information content (AvgIpc) is 3.07. The van der Waals surface area contributed by atoms with E-state index in [4.69, 9.17) is 9.72 Å². The van der Waals surface area contributed by atoms with Crippen LogP contribution in [0.25, 0.3) is 11.0 Å². The number of carbonyl (C=O) groups is 2. The van der Waals surface area contributed by atoms with E-state index in [0.29, 0.717) is 12.3 Å². The number of benzene rings is 1. The van der Waals surface area contributed by atoms with Gasteiger partial charge in [-0.2, -0.15) is 0 Å². The first-order valence-corrected chi connectivity index (χ1v) is 11.6. The van der Waals surface area contributed by atoms with Crippen molar-refractivity contribution in [2.75, 3.05) is 18.8 Å². The fourth-order valence-corrected chi connectivity index (χ4v) is 4.70. The molecule has 2 amide bonds. The van der Waals surface area contributed by atoms with Crippen molar-refractivity contribution in [1.82, 2.24) is 19.8 Å². The summed E-state index contributed by atoms with van der Waals surface area (Å²) in [4.78, 5) is 31.6. The van der Waals surface area contributed by atoms with Crippen molar-refractivity contribution >= 4 is 34.8 Å². The number of aryl methyl sites for hydroxylation is 1. The van der Waals surface area contributed by atoms with Gasteiger partial charge in [-0.05, 0) is 59.1 Å². The molecular weight excluding hydrogens is 400 g/mol. The second-order valence-electron chi connectivity index (χ2n) is 8.54. The molecule has 0 saturated carbocycles. The number of amides is 2. The number of imidazole rings is 1. The van der Waals surface area contributed by atoms with Gasteiger partial charge in [0.2, 0.25) is 5.91 Å². The maximum atomic E-state index is 13.0. The second kappa shape index (κ2) is 9.73. The molecule has 0 spiro atoms. The Kier molecular flexibility index (Phi) is 7.28. The van der Waals surface area contributed by atoms with Gasteiger partial charge in [0.15, 0.2) is 5.16 Å². The lowest BCUT2D eigenvalue weighted by Crippen LogP contribution is -2.50. The van der Waals surface area contributed by atoms with E-state index in [2.05, 4.69) is 22.9 Å². The lowest BCUT2D eigenvalue weighted by atomic mass is 10.0. The summed E-state index contributed by atoms with van der Waals surface area (Å²) in [5.41, 5.74) is 1.51. The van der Waals surface area contributed by atoms with Gasteiger partial charge in [0.05, 0.1) is 16.8 Å². The molecule has 1 N–H and O–H groups in total. The highest BCUT2D eigenvalue weighted by Crippen LogP contribution is 2.25. The van der Waals surface area contributed by atoms with Crippen molar-refractivity contribution in [2.45, 2.75) is 70.3 Å². The first-order valence-electron chi connectivity index (χ1n) is 10.6. The first kappa shape index (κ1) is 22.5. The third kappa shape index (κ3) is 5.68. The third-order valence-corrected chi connectivity index (χ3v) is 6.05. The van der Waals surface area contributed by atoms with E-state index >= 15 is 0 Å². The van der Waals surface area contributed by atoms with Crippen LogP contribution in [0.2, 0.25) is 0 Å². The molecule has 2 heterocycles. The topological polar surface area (TPSA) is 76.5 Å². The monoisotopic (exact) mass is 432 g/mol. The number of fused-ring (bicyclic) bond motifs is 1. The van der Waals surface area contributed by atoms with E-state index in [0.717, 1.165) is 48.5 Å². The molecule has 1 aromatic heterocycles. The maximum Gasteiger partial charge on any atom is 0.407 e. The molecular formula is C22H32N4O3S. The van der Waals surface area contributed by atoms with E-state index in [1.54, 1.807) is 0 Å². The van der Waals surface area contributed by atoms with Crippen LogP contribution >= 0.6 is 11.8 Å². The minimum atomic E-state index is -0.534. The van der Waals surface area contributed by atoms with Gasteiger partial charge in [-0.3, -0.25) is 4.79 Å². The van der Waals surface area contributed by atoms with Gasteiger partial charge in [0, 0.05) is 25.7 Å². The standard InChI is InChI=1S/C22H32N4O3S/c1-5-25-18-12-7-6-11-17(18)24-20(25)30-15-19(27)26-13-9-8-10-16(26)14-23-21(28)29-22(2,3)4/h6-7,11-12,16H,5,8-10,13-15H2,1-4H3,(H,23,28). The number of aromatic nitrogens is 2. The number of hydrogen-bond donors (Lipinski definition) is 1. The summed E-state index contributed by atoms with van der Waals surface area (Å²) >= 11 is 1.48. The van der Waals surface area contributed by atoms with Crippen molar-refractivity contribution < 1.29 is 14.3 Å². The molecule has 1 aliphatic rings. The fraction of sp³-hybridized carbons (Fsp3) is 0.591. The Balaban J connectivity index is 1.60. The van der Waals surface area contributed by atoms with Crippen LogP contribution in [0.1, 0.15) is 47.0 Å². The van der Waals surface area contributed by atoms with Gasteiger partial charge >= 0.3 is 6.09 Å². The van der Waals surface area contributed by atoms with Gasteiger partial charge in [0.25, 0.3) is 0 Å². The lowest BCUT2D eigenvalue weighted by molar-refractivity contribution is -0.131. The molecule has 7 nitrogen and oxygen atoms in total. The lowest BCUT2D eigenvalue weighted by Gasteiger charge is -2.36. The van der Waals surface area contributed by atoms with Crippen LogP contribution in [-0.4, -0.2) is 56.9 Å². The molecule has 1 aliphatic heterocycles. The molecule has 3 rings (SSSR count). The first-order chi connectivity index (χ1) is 14.3. The van der Waals surface area contributed by atoms with E-state index in [-0.39, 0.29) is 11.9 Å². The third-order valence-electron chi connectivity index (χ3n) is 5.09. The average molecular weight is 433 g/mol. The van der Waals surface area contributed by atoms with Crippen molar-refractivity contribution in [3.63, 3.8) is 0 Å². The van der Waals surface area contributed by atoms with E-state index in [1.165, 1.54) is 11.8 Å². The second-order valence-corrected chi connectivity index (χ2v) is 9.48. The van der Waals surface area contributed by atoms with E-state index in [1.807, 2.05) is 43.9 Å². The summed E-state index contributed by atoms with van der Waals surface area (Å²) in [5.74, 6) is 0.428. The summed E-state index contributed by atoms with van der Waals surface area (Å²) in [6.07, 6.45) is 2.50. The summed E-state index contributed by atoms with van der Waals surface area (Å²) < 4.78 is 7.46. The predicted octanol–water partition coefficient (Wildman–Crippen LogP) is 4.05. The Hall–Kier alpha value is -2.22. The number of ether oxygens (including phenoxy) is 1. The fourth-order valence-electron chi connectivity index (χ4n) is 3.73. The molecule has 8 heteroatoms. The molecule has 2 aromatic rings. The van der Waals surface area contributed by atoms with Crippen LogP contribution in [-0.2, 0) is 16.1 Å². The van der Waals surface area contributed by atoms with Gasteiger partial charge in [-0.25, -0.2) is 9.78 Å². The number of carbonyl (C=O) groups excluding carboxylic acids is 2. The summed E-state index contributed by atoms with van der Waals surface area (Å²) in [6, 6.07) is 8.04. The number of nitrogens with zero attached hydrogens (tertiary/aromatic N) is 3. The SMILES string of the molecule is CCn1c(SCC(=O)N2CCCCC2CNC(=O)OC(C)(C)C)nc2ccccc21. The zero-order chi connectivity index (χ0) is 21.7. The van der Waals surface area contributed by atoms with E-state index < -0.39 is 11.7 Å². The van der Waals surface area contributed by atoms with Crippen molar-refractivity contribution in [2.24, 2.45) is 0 Å². The number of nitrogens with one attached hydrogen (secondary N) is 1. The van der Waals surface area contributed by atoms with Crippen LogP contribution in [0.3, 0.4) is 0 Å². The highest BCUT2D eigenvalue weighted by Gasteiger charge is 2.28. The van der Waals surface area contributed by atoms with Crippen LogP contribution in [0.5, 0.6) is 0 Å². The summed E-state index contributed by atoms with van der Waals surface area (Å²) in [7, 11) is 0. The van der Waals surface area contributed by atoms with E-state index in [9.17, 15) is 9.59 Å². The minimum absolute atomic E-state index is 0.00404. The number of para-hydroxylation sites is 2. The van der Waals surface area contributed by atoms with Gasteiger partial charge < -0.3 is 19.5 Å². The predicted molar refractivity (Wildman–Crippen MR) is 120 cm³/mol. The largest absolute Gasteiger partial charge is 0.444 e. The molecule has 0 aliphatic carbocycles. The zero-order valence-corrected chi connectivity index (χ0v) is 19.1. The quantitative estimate of drug-likeness (QED) is 0.697. The number of rotatable bonds is 6. The Morgan fingerprint density at radius 1 is 1.27 bits per heavy atom. The minimum Gasteiger partial charge on any atom is -0.444 e.